The van der Waals surface area contributed by atoms with E-state index in [9.17, 15) is 4.79 Å². The lowest BCUT2D eigenvalue weighted by molar-refractivity contribution is -0.121. The molecule has 1 heterocycles. The zero-order valence-electron chi connectivity index (χ0n) is 11.5. The number of benzene rings is 1. The lowest BCUT2D eigenvalue weighted by Crippen LogP contribution is -2.26. The van der Waals surface area contributed by atoms with E-state index >= 15 is 0 Å². The fraction of sp³-hybridized carbons (Fsp3) is 0.333. The van der Waals surface area contributed by atoms with Crippen LogP contribution in [-0.2, 0) is 4.79 Å². The number of aromatic nitrogens is 2. The van der Waals surface area contributed by atoms with E-state index in [0.717, 1.165) is 17.7 Å². The zero-order chi connectivity index (χ0) is 14.2. The predicted octanol–water partition coefficient (Wildman–Crippen LogP) is 3.16. The number of H-pyrrole nitrogens is 1. The SMILES string of the molecule is CC(NC(=O)CCCSc1ccccc1)c1cn[nH]c1. The molecule has 1 unspecified atom stereocenters. The highest BCUT2D eigenvalue weighted by Gasteiger charge is 2.09. The molecule has 0 radical (unpaired) electrons. The molecule has 0 saturated carbocycles. The molecule has 1 aromatic carbocycles. The molecule has 2 rings (SSSR count). The lowest BCUT2D eigenvalue weighted by atomic mass is 10.2. The number of nitrogens with zero attached hydrogens (tertiary/aromatic N) is 1. The Kier molecular flexibility index (Phi) is 5.68. The number of carbonyl (C=O) groups is 1. The Morgan fingerprint density at radius 2 is 2.20 bits per heavy atom. The number of rotatable bonds is 7. The van der Waals surface area contributed by atoms with Gasteiger partial charge in [-0.2, -0.15) is 5.10 Å². The minimum Gasteiger partial charge on any atom is -0.349 e. The largest absolute Gasteiger partial charge is 0.349 e. The Hall–Kier alpha value is -1.75. The minimum absolute atomic E-state index is 0.00280. The standard InChI is InChI=1S/C15H19N3OS/c1-12(13-10-16-17-11-13)18-15(19)8-5-9-20-14-6-3-2-4-7-14/h2-4,6-7,10-12H,5,8-9H2,1H3,(H,16,17)(H,18,19). The van der Waals surface area contributed by atoms with Crippen LogP contribution in [0.3, 0.4) is 0 Å². The molecule has 2 N–H and O–H groups in total. The molecule has 0 aliphatic rings. The second-order valence-corrected chi connectivity index (χ2v) is 5.75. The number of carbonyl (C=O) groups excluding carboxylic acids is 1. The highest BCUT2D eigenvalue weighted by Crippen LogP contribution is 2.18. The second kappa shape index (κ2) is 7.75. The molecular weight excluding hydrogens is 270 g/mol. The summed E-state index contributed by atoms with van der Waals surface area (Å²) in [5.41, 5.74) is 0.997. The van der Waals surface area contributed by atoms with Crippen LogP contribution in [0, 0.1) is 0 Å². The Balaban J connectivity index is 1.63. The van der Waals surface area contributed by atoms with Crippen LogP contribution < -0.4 is 5.32 Å². The van der Waals surface area contributed by atoms with Crippen molar-refractivity contribution in [2.24, 2.45) is 0 Å². The van der Waals surface area contributed by atoms with Crippen molar-refractivity contribution >= 4 is 17.7 Å². The summed E-state index contributed by atoms with van der Waals surface area (Å²) in [6.45, 7) is 1.96. The van der Waals surface area contributed by atoms with Crippen LogP contribution in [0.25, 0.3) is 0 Å². The summed E-state index contributed by atoms with van der Waals surface area (Å²) in [5, 5.41) is 9.60. The van der Waals surface area contributed by atoms with Gasteiger partial charge in [-0.15, -0.1) is 11.8 Å². The topological polar surface area (TPSA) is 57.8 Å². The molecule has 2 aromatic rings. The van der Waals surface area contributed by atoms with Crippen LogP contribution in [0.5, 0.6) is 0 Å². The van der Waals surface area contributed by atoms with Crippen molar-refractivity contribution in [3.63, 3.8) is 0 Å². The van der Waals surface area contributed by atoms with Gasteiger partial charge >= 0.3 is 0 Å². The third-order valence-corrected chi connectivity index (χ3v) is 4.06. The zero-order valence-corrected chi connectivity index (χ0v) is 12.3. The Morgan fingerprint density at radius 1 is 1.40 bits per heavy atom. The quantitative estimate of drug-likeness (QED) is 0.608. The number of thioether (sulfide) groups is 1. The van der Waals surface area contributed by atoms with Gasteiger partial charge in [0.2, 0.25) is 5.91 Å². The highest BCUT2D eigenvalue weighted by atomic mass is 32.2. The molecule has 0 aliphatic heterocycles. The van der Waals surface area contributed by atoms with Crippen LogP contribution in [0.15, 0.2) is 47.6 Å². The van der Waals surface area contributed by atoms with Gasteiger partial charge in [0.1, 0.15) is 0 Å². The highest BCUT2D eigenvalue weighted by molar-refractivity contribution is 7.99. The first-order valence-electron chi connectivity index (χ1n) is 6.71. The fourth-order valence-electron chi connectivity index (χ4n) is 1.83. The van der Waals surface area contributed by atoms with E-state index in [1.807, 2.05) is 25.1 Å². The summed E-state index contributed by atoms with van der Waals surface area (Å²) in [5.74, 6) is 1.05. The molecule has 1 aromatic heterocycles. The number of hydrogen-bond acceptors (Lipinski definition) is 3. The summed E-state index contributed by atoms with van der Waals surface area (Å²) >= 11 is 1.78. The first kappa shape index (κ1) is 14.7. The van der Waals surface area contributed by atoms with E-state index in [0.29, 0.717) is 6.42 Å². The maximum atomic E-state index is 11.8. The van der Waals surface area contributed by atoms with E-state index in [-0.39, 0.29) is 11.9 Å². The third-order valence-electron chi connectivity index (χ3n) is 2.96. The number of nitrogens with one attached hydrogen (secondary N) is 2. The van der Waals surface area contributed by atoms with Gasteiger partial charge in [0.15, 0.2) is 0 Å². The molecule has 0 fully saturated rings. The van der Waals surface area contributed by atoms with Crippen molar-refractivity contribution in [2.75, 3.05) is 5.75 Å². The average Bonchev–Trinajstić information content (AvgIpc) is 2.99. The van der Waals surface area contributed by atoms with E-state index in [2.05, 4.69) is 27.6 Å². The van der Waals surface area contributed by atoms with Crippen LogP contribution in [-0.4, -0.2) is 21.9 Å². The molecule has 0 aliphatic carbocycles. The Labute approximate surface area is 123 Å². The van der Waals surface area contributed by atoms with E-state index < -0.39 is 0 Å². The minimum atomic E-state index is 0.00280. The van der Waals surface area contributed by atoms with Crippen molar-refractivity contribution in [2.45, 2.75) is 30.7 Å². The smallest absolute Gasteiger partial charge is 0.220 e. The molecule has 5 heteroatoms. The van der Waals surface area contributed by atoms with Gasteiger partial charge in [0, 0.05) is 23.1 Å². The van der Waals surface area contributed by atoms with Crippen LogP contribution in [0.1, 0.15) is 31.4 Å². The molecule has 20 heavy (non-hydrogen) atoms. The van der Waals surface area contributed by atoms with Gasteiger partial charge in [0.25, 0.3) is 0 Å². The van der Waals surface area contributed by atoms with E-state index in [1.54, 1.807) is 24.2 Å². The maximum Gasteiger partial charge on any atom is 0.220 e. The first-order valence-corrected chi connectivity index (χ1v) is 7.70. The molecule has 0 bridgehead atoms. The molecule has 1 amide bonds. The summed E-state index contributed by atoms with van der Waals surface area (Å²) < 4.78 is 0. The van der Waals surface area contributed by atoms with Crippen molar-refractivity contribution in [3.8, 4) is 0 Å². The number of aromatic amines is 1. The average molecular weight is 289 g/mol. The second-order valence-electron chi connectivity index (χ2n) is 4.59. The first-order chi connectivity index (χ1) is 9.75. The van der Waals surface area contributed by atoms with Crippen molar-refractivity contribution in [1.82, 2.24) is 15.5 Å². The van der Waals surface area contributed by atoms with Crippen molar-refractivity contribution < 1.29 is 4.79 Å². The molecule has 0 spiro atoms. The van der Waals surface area contributed by atoms with Gasteiger partial charge in [-0.05, 0) is 31.2 Å². The summed E-state index contributed by atoms with van der Waals surface area (Å²) in [6, 6.07) is 10.2. The van der Waals surface area contributed by atoms with Gasteiger partial charge in [-0.25, -0.2) is 0 Å². The van der Waals surface area contributed by atoms with Crippen LogP contribution in [0.4, 0.5) is 0 Å². The van der Waals surface area contributed by atoms with E-state index in [1.165, 1.54) is 4.90 Å². The molecule has 4 nitrogen and oxygen atoms in total. The Bertz CT molecular complexity index is 513. The van der Waals surface area contributed by atoms with Crippen LogP contribution >= 0.6 is 11.8 Å². The number of amides is 1. The molecular formula is C15H19N3OS. The van der Waals surface area contributed by atoms with Gasteiger partial charge < -0.3 is 5.32 Å². The molecule has 106 valence electrons. The number of hydrogen-bond donors (Lipinski definition) is 2. The monoisotopic (exact) mass is 289 g/mol. The normalized spacial score (nSPS) is 12.1. The lowest BCUT2D eigenvalue weighted by Gasteiger charge is -2.11. The van der Waals surface area contributed by atoms with Crippen molar-refractivity contribution in [1.29, 1.82) is 0 Å². The maximum absolute atomic E-state index is 11.8. The van der Waals surface area contributed by atoms with Crippen LogP contribution in [0.2, 0.25) is 0 Å². The summed E-state index contributed by atoms with van der Waals surface area (Å²) in [7, 11) is 0. The van der Waals surface area contributed by atoms with Gasteiger partial charge in [-0.3, -0.25) is 9.89 Å². The fourth-order valence-corrected chi connectivity index (χ4v) is 2.71. The Morgan fingerprint density at radius 3 is 2.90 bits per heavy atom. The summed E-state index contributed by atoms with van der Waals surface area (Å²) in [4.78, 5) is 13.1. The van der Waals surface area contributed by atoms with Gasteiger partial charge in [-0.1, -0.05) is 18.2 Å². The summed E-state index contributed by atoms with van der Waals surface area (Å²) in [6.07, 6.45) is 4.97. The van der Waals surface area contributed by atoms with Gasteiger partial charge in [0.05, 0.1) is 12.2 Å². The van der Waals surface area contributed by atoms with Crippen molar-refractivity contribution in [3.05, 3.63) is 48.3 Å². The third kappa shape index (κ3) is 4.74. The van der Waals surface area contributed by atoms with E-state index in [4.69, 9.17) is 0 Å². The predicted molar refractivity (Wildman–Crippen MR) is 81.5 cm³/mol. The molecule has 1 atom stereocenters. The molecule has 0 saturated heterocycles.